The smallest absolute Gasteiger partial charge is 0.00613 e. The molecule has 1 saturated carbocycles. The fraction of sp³-hybridized carbons (Fsp3) is 1.00. The second kappa shape index (κ2) is 5.72. The van der Waals surface area contributed by atoms with E-state index in [0.717, 1.165) is 12.0 Å². The van der Waals surface area contributed by atoms with Crippen LogP contribution in [0.4, 0.5) is 0 Å². The van der Waals surface area contributed by atoms with Crippen LogP contribution in [0.1, 0.15) is 46.0 Å². The van der Waals surface area contributed by atoms with Gasteiger partial charge in [0.25, 0.3) is 0 Å². The van der Waals surface area contributed by atoms with Gasteiger partial charge in [0, 0.05) is 18.6 Å². The minimum absolute atomic E-state index is 0.486. The van der Waals surface area contributed by atoms with E-state index < -0.39 is 0 Å². The van der Waals surface area contributed by atoms with E-state index in [2.05, 4.69) is 25.8 Å². The van der Waals surface area contributed by atoms with Crippen molar-refractivity contribution >= 4 is 0 Å². The highest BCUT2D eigenvalue weighted by Crippen LogP contribution is 2.24. The van der Waals surface area contributed by atoms with Crippen LogP contribution >= 0.6 is 0 Å². The highest BCUT2D eigenvalue weighted by Gasteiger charge is 2.20. The first kappa shape index (κ1) is 12.0. The molecule has 0 radical (unpaired) electrons. The van der Waals surface area contributed by atoms with E-state index >= 15 is 0 Å². The van der Waals surface area contributed by atoms with E-state index in [-0.39, 0.29) is 0 Å². The van der Waals surface area contributed by atoms with E-state index in [1.54, 1.807) is 0 Å². The maximum absolute atomic E-state index is 5.90. The van der Waals surface area contributed by atoms with Crippen molar-refractivity contribution in [3.63, 3.8) is 0 Å². The molecule has 0 aliphatic heterocycles. The van der Waals surface area contributed by atoms with Crippen LogP contribution in [0.25, 0.3) is 0 Å². The molecule has 1 unspecified atom stereocenters. The van der Waals surface area contributed by atoms with Crippen LogP contribution in [0.15, 0.2) is 0 Å². The van der Waals surface area contributed by atoms with Crippen molar-refractivity contribution in [3.8, 4) is 0 Å². The van der Waals surface area contributed by atoms with Crippen molar-refractivity contribution in [3.05, 3.63) is 0 Å². The fourth-order valence-corrected chi connectivity index (χ4v) is 2.27. The lowest BCUT2D eigenvalue weighted by Gasteiger charge is -2.32. The number of nitrogens with zero attached hydrogens (tertiary/aromatic N) is 1. The summed E-state index contributed by atoms with van der Waals surface area (Å²) in [5, 5.41) is 0. The third kappa shape index (κ3) is 3.58. The summed E-state index contributed by atoms with van der Waals surface area (Å²) in [6.45, 7) is 5.84. The van der Waals surface area contributed by atoms with Gasteiger partial charge in [0.2, 0.25) is 0 Å². The molecule has 84 valence electrons. The molecule has 1 fully saturated rings. The zero-order valence-corrected chi connectivity index (χ0v) is 10.00. The van der Waals surface area contributed by atoms with Gasteiger partial charge in [0.1, 0.15) is 0 Å². The van der Waals surface area contributed by atoms with E-state index in [9.17, 15) is 0 Å². The minimum atomic E-state index is 0.486. The van der Waals surface area contributed by atoms with E-state index in [4.69, 9.17) is 5.73 Å². The maximum Gasteiger partial charge on any atom is 0.00613 e. The molecule has 2 N–H and O–H groups in total. The number of hydrogen-bond acceptors (Lipinski definition) is 2. The molecular formula is C12H26N2. The van der Waals surface area contributed by atoms with Crippen LogP contribution in [0.5, 0.6) is 0 Å². The molecule has 0 bridgehead atoms. The Hall–Kier alpha value is -0.0800. The Bertz CT molecular complexity index is 150. The predicted octanol–water partition coefficient (Wildman–Crippen LogP) is 2.23. The average Bonchev–Trinajstić information content (AvgIpc) is 2.20. The van der Waals surface area contributed by atoms with Crippen molar-refractivity contribution in [1.82, 2.24) is 4.90 Å². The first-order valence-corrected chi connectivity index (χ1v) is 6.09. The molecular weight excluding hydrogens is 172 g/mol. The third-order valence-electron chi connectivity index (χ3n) is 3.78. The SMILES string of the molecule is CCC(C)N(C)CC1CCC(N)CC1. The molecule has 1 rings (SSSR count). The molecule has 14 heavy (non-hydrogen) atoms. The minimum Gasteiger partial charge on any atom is -0.328 e. The first-order chi connectivity index (χ1) is 6.63. The van der Waals surface area contributed by atoms with Gasteiger partial charge in [0.05, 0.1) is 0 Å². The highest BCUT2D eigenvalue weighted by molar-refractivity contribution is 4.77. The Kier molecular flexibility index (Phi) is 4.90. The van der Waals surface area contributed by atoms with Gasteiger partial charge in [-0.2, -0.15) is 0 Å². The van der Waals surface area contributed by atoms with Gasteiger partial charge in [-0.05, 0) is 52.0 Å². The number of rotatable bonds is 4. The van der Waals surface area contributed by atoms with Crippen molar-refractivity contribution < 1.29 is 0 Å². The molecule has 0 spiro atoms. The molecule has 1 aliphatic rings. The average molecular weight is 198 g/mol. The van der Waals surface area contributed by atoms with Gasteiger partial charge in [-0.1, -0.05) is 6.92 Å². The molecule has 1 aliphatic carbocycles. The lowest BCUT2D eigenvalue weighted by Crippen LogP contribution is -2.36. The Balaban J connectivity index is 2.23. The normalized spacial score (nSPS) is 30.6. The lowest BCUT2D eigenvalue weighted by molar-refractivity contribution is 0.182. The van der Waals surface area contributed by atoms with Crippen LogP contribution in [-0.4, -0.2) is 30.6 Å². The second-order valence-corrected chi connectivity index (χ2v) is 4.98. The molecule has 0 saturated heterocycles. The quantitative estimate of drug-likeness (QED) is 0.750. The van der Waals surface area contributed by atoms with Gasteiger partial charge in [-0.15, -0.1) is 0 Å². The topological polar surface area (TPSA) is 29.3 Å². The van der Waals surface area contributed by atoms with Crippen molar-refractivity contribution in [1.29, 1.82) is 0 Å². The Morgan fingerprint density at radius 3 is 2.36 bits per heavy atom. The van der Waals surface area contributed by atoms with Gasteiger partial charge in [-0.3, -0.25) is 0 Å². The molecule has 0 heterocycles. The summed E-state index contributed by atoms with van der Waals surface area (Å²) >= 11 is 0. The van der Waals surface area contributed by atoms with Crippen LogP contribution in [0.2, 0.25) is 0 Å². The Labute approximate surface area is 88.8 Å². The molecule has 0 aromatic carbocycles. The first-order valence-electron chi connectivity index (χ1n) is 6.09. The van der Waals surface area contributed by atoms with Gasteiger partial charge in [-0.25, -0.2) is 0 Å². The zero-order valence-electron chi connectivity index (χ0n) is 10.00. The molecule has 1 atom stereocenters. The molecule has 0 aromatic heterocycles. The Morgan fingerprint density at radius 1 is 1.29 bits per heavy atom. The van der Waals surface area contributed by atoms with Gasteiger partial charge in [0.15, 0.2) is 0 Å². The number of hydrogen-bond donors (Lipinski definition) is 1. The molecule has 0 aromatic rings. The van der Waals surface area contributed by atoms with Crippen molar-refractivity contribution in [2.75, 3.05) is 13.6 Å². The largest absolute Gasteiger partial charge is 0.328 e. The summed E-state index contributed by atoms with van der Waals surface area (Å²) in [5.41, 5.74) is 5.90. The number of nitrogens with two attached hydrogens (primary N) is 1. The van der Waals surface area contributed by atoms with Crippen LogP contribution in [0, 0.1) is 5.92 Å². The summed E-state index contributed by atoms with van der Waals surface area (Å²) in [7, 11) is 2.25. The summed E-state index contributed by atoms with van der Waals surface area (Å²) < 4.78 is 0. The standard InChI is InChI=1S/C12H26N2/c1-4-10(2)14(3)9-11-5-7-12(13)8-6-11/h10-12H,4-9,13H2,1-3H3. The van der Waals surface area contributed by atoms with Crippen LogP contribution in [0.3, 0.4) is 0 Å². The fourth-order valence-electron chi connectivity index (χ4n) is 2.27. The van der Waals surface area contributed by atoms with E-state index in [1.165, 1.54) is 38.6 Å². The van der Waals surface area contributed by atoms with E-state index in [0.29, 0.717) is 6.04 Å². The zero-order chi connectivity index (χ0) is 10.6. The summed E-state index contributed by atoms with van der Waals surface area (Å²) in [5.74, 6) is 0.897. The van der Waals surface area contributed by atoms with E-state index in [1.807, 2.05) is 0 Å². The third-order valence-corrected chi connectivity index (χ3v) is 3.78. The van der Waals surface area contributed by atoms with Gasteiger partial charge >= 0.3 is 0 Å². The van der Waals surface area contributed by atoms with Crippen LogP contribution < -0.4 is 5.73 Å². The van der Waals surface area contributed by atoms with Crippen molar-refractivity contribution in [2.24, 2.45) is 11.7 Å². The molecule has 2 nitrogen and oxygen atoms in total. The maximum atomic E-state index is 5.90. The van der Waals surface area contributed by atoms with Gasteiger partial charge < -0.3 is 10.6 Å². The van der Waals surface area contributed by atoms with Crippen molar-refractivity contribution in [2.45, 2.75) is 58.0 Å². The second-order valence-electron chi connectivity index (χ2n) is 4.98. The van der Waals surface area contributed by atoms with Crippen LogP contribution in [-0.2, 0) is 0 Å². The Morgan fingerprint density at radius 2 is 1.86 bits per heavy atom. The highest BCUT2D eigenvalue weighted by atomic mass is 15.1. The predicted molar refractivity (Wildman–Crippen MR) is 62.3 cm³/mol. The molecule has 2 heteroatoms. The summed E-state index contributed by atoms with van der Waals surface area (Å²) in [6, 6.07) is 1.21. The summed E-state index contributed by atoms with van der Waals surface area (Å²) in [6.07, 6.45) is 6.39. The summed E-state index contributed by atoms with van der Waals surface area (Å²) in [4.78, 5) is 2.50. The lowest BCUT2D eigenvalue weighted by atomic mass is 9.86. The molecule has 0 amide bonds. The monoisotopic (exact) mass is 198 g/mol.